The minimum Gasteiger partial charge on any atom is -0.304 e. The second-order valence-corrected chi connectivity index (χ2v) is 5.62. The van der Waals surface area contributed by atoms with Gasteiger partial charge in [0.2, 0.25) is 0 Å². The van der Waals surface area contributed by atoms with Crippen LogP contribution in [0.5, 0.6) is 0 Å². The van der Waals surface area contributed by atoms with Gasteiger partial charge in [0, 0.05) is 12.6 Å². The maximum absolute atomic E-state index is 4.63. The van der Waals surface area contributed by atoms with Crippen LogP contribution in [0.2, 0.25) is 0 Å². The van der Waals surface area contributed by atoms with E-state index in [0.717, 1.165) is 23.8 Å². The predicted molar refractivity (Wildman–Crippen MR) is 76.3 cm³/mol. The molecular formula is C15H22N4. The molecule has 0 amide bonds. The lowest BCUT2D eigenvalue weighted by Gasteiger charge is -2.30. The van der Waals surface area contributed by atoms with Crippen molar-refractivity contribution in [1.82, 2.24) is 19.5 Å². The Labute approximate surface area is 114 Å². The average molecular weight is 258 g/mol. The molecule has 0 aliphatic carbocycles. The van der Waals surface area contributed by atoms with Crippen LogP contribution in [-0.4, -0.2) is 39.1 Å². The van der Waals surface area contributed by atoms with Crippen molar-refractivity contribution >= 4 is 5.65 Å². The van der Waals surface area contributed by atoms with Gasteiger partial charge >= 0.3 is 0 Å². The number of likely N-dealkylation sites (tertiary alicyclic amines) is 1. The highest BCUT2D eigenvalue weighted by atomic mass is 15.3. The van der Waals surface area contributed by atoms with E-state index in [2.05, 4.69) is 34.9 Å². The van der Waals surface area contributed by atoms with Crippen molar-refractivity contribution < 1.29 is 0 Å². The molecule has 4 nitrogen and oxygen atoms in total. The van der Waals surface area contributed by atoms with Gasteiger partial charge in [0.25, 0.3) is 0 Å². The van der Waals surface area contributed by atoms with Crippen molar-refractivity contribution in [2.45, 2.75) is 33.1 Å². The van der Waals surface area contributed by atoms with E-state index in [1.807, 2.05) is 16.8 Å². The molecular weight excluding hydrogens is 236 g/mol. The highest BCUT2D eigenvalue weighted by Crippen LogP contribution is 2.20. The Bertz CT molecular complexity index is 552. The highest BCUT2D eigenvalue weighted by Gasteiger charge is 2.19. The molecule has 1 saturated heterocycles. The molecule has 1 fully saturated rings. The zero-order valence-corrected chi connectivity index (χ0v) is 11.8. The third kappa shape index (κ3) is 2.78. The van der Waals surface area contributed by atoms with Gasteiger partial charge in [0.15, 0.2) is 11.5 Å². The molecule has 0 bridgehead atoms. The Morgan fingerprint density at radius 3 is 2.79 bits per heavy atom. The first-order valence-corrected chi connectivity index (χ1v) is 7.29. The van der Waals surface area contributed by atoms with E-state index in [9.17, 15) is 0 Å². The number of nitrogens with zero attached hydrogens (tertiary/aromatic N) is 4. The summed E-state index contributed by atoms with van der Waals surface area (Å²) in [6.07, 6.45) is 5.63. The van der Waals surface area contributed by atoms with Crippen LogP contribution >= 0.6 is 0 Å². The van der Waals surface area contributed by atoms with E-state index in [-0.39, 0.29) is 0 Å². The summed E-state index contributed by atoms with van der Waals surface area (Å²) in [6.45, 7) is 7.97. The zero-order valence-electron chi connectivity index (χ0n) is 11.8. The summed E-state index contributed by atoms with van der Waals surface area (Å²) < 4.78 is 1.91. The summed E-state index contributed by atoms with van der Waals surface area (Å²) in [5, 5.41) is 4.60. The number of rotatable bonds is 3. The van der Waals surface area contributed by atoms with Crippen LogP contribution in [0, 0.1) is 12.8 Å². The molecule has 3 heterocycles. The van der Waals surface area contributed by atoms with Gasteiger partial charge in [-0.1, -0.05) is 13.0 Å². The SMILES string of the molecule is CCN1CCC(Cc2nc3ccc(C)cn3n2)CC1. The molecule has 0 saturated carbocycles. The quantitative estimate of drug-likeness (QED) is 0.847. The van der Waals surface area contributed by atoms with Crippen molar-refractivity contribution in [3.05, 3.63) is 29.7 Å². The average Bonchev–Trinajstić information content (AvgIpc) is 2.81. The lowest BCUT2D eigenvalue weighted by atomic mass is 9.93. The molecule has 19 heavy (non-hydrogen) atoms. The normalized spacial score (nSPS) is 18.2. The second-order valence-electron chi connectivity index (χ2n) is 5.62. The Morgan fingerprint density at radius 2 is 2.05 bits per heavy atom. The fourth-order valence-corrected chi connectivity index (χ4v) is 2.88. The Balaban J connectivity index is 1.68. The van der Waals surface area contributed by atoms with Crippen LogP contribution in [0.3, 0.4) is 0 Å². The number of piperidine rings is 1. The lowest BCUT2D eigenvalue weighted by Crippen LogP contribution is -2.34. The first-order chi connectivity index (χ1) is 9.24. The van der Waals surface area contributed by atoms with Gasteiger partial charge in [-0.15, -0.1) is 0 Å². The summed E-state index contributed by atoms with van der Waals surface area (Å²) >= 11 is 0. The van der Waals surface area contributed by atoms with E-state index >= 15 is 0 Å². The number of hydrogen-bond acceptors (Lipinski definition) is 3. The molecule has 2 aromatic rings. The fraction of sp³-hybridized carbons (Fsp3) is 0.600. The van der Waals surface area contributed by atoms with E-state index in [1.54, 1.807) is 0 Å². The summed E-state index contributed by atoms with van der Waals surface area (Å²) in [6, 6.07) is 4.14. The number of hydrogen-bond donors (Lipinski definition) is 0. The smallest absolute Gasteiger partial charge is 0.155 e. The minimum atomic E-state index is 0.751. The van der Waals surface area contributed by atoms with Crippen LogP contribution in [0.1, 0.15) is 31.2 Å². The molecule has 0 N–H and O–H groups in total. The summed E-state index contributed by atoms with van der Waals surface area (Å²) in [4.78, 5) is 7.15. The molecule has 0 radical (unpaired) electrons. The maximum Gasteiger partial charge on any atom is 0.155 e. The predicted octanol–water partition coefficient (Wildman–Crippen LogP) is 2.31. The van der Waals surface area contributed by atoms with Gasteiger partial charge in [-0.05, 0) is 56.9 Å². The van der Waals surface area contributed by atoms with E-state index in [0.29, 0.717) is 0 Å². The molecule has 3 rings (SSSR count). The van der Waals surface area contributed by atoms with Gasteiger partial charge < -0.3 is 4.90 Å². The number of fused-ring (bicyclic) bond motifs is 1. The van der Waals surface area contributed by atoms with Crippen LogP contribution in [0.4, 0.5) is 0 Å². The maximum atomic E-state index is 4.63. The van der Waals surface area contributed by atoms with Gasteiger partial charge in [-0.25, -0.2) is 9.50 Å². The van der Waals surface area contributed by atoms with Crippen molar-refractivity contribution in [2.24, 2.45) is 5.92 Å². The van der Waals surface area contributed by atoms with Crippen LogP contribution in [0.15, 0.2) is 18.3 Å². The van der Waals surface area contributed by atoms with Crippen molar-refractivity contribution in [1.29, 1.82) is 0 Å². The standard InChI is InChI=1S/C15H22N4/c1-3-18-8-6-13(7-9-18)10-14-16-15-5-4-12(2)11-19(15)17-14/h4-5,11,13H,3,6-10H2,1-2H3. The largest absolute Gasteiger partial charge is 0.304 e. The molecule has 0 spiro atoms. The Kier molecular flexibility index (Phi) is 3.51. The first-order valence-electron chi connectivity index (χ1n) is 7.29. The summed E-state index contributed by atoms with van der Waals surface area (Å²) in [5.74, 6) is 1.75. The van der Waals surface area contributed by atoms with Gasteiger partial charge in [-0.2, -0.15) is 5.10 Å². The Morgan fingerprint density at radius 1 is 1.26 bits per heavy atom. The van der Waals surface area contributed by atoms with E-state index < -0.39 is 0 Å². The molecule has 4 heteroatoms. The van der Waals surface area contributed by atoms with Crippen LogP contribution in [0.25, 0.3) is 5.65 Å². The second kappa shape index (κ2) is 5.29. The highest BCUT2D eigenvalue weighted by molar-refractivity contribution is 5.38. The van der Waals surface area contributed by atoms with Crippen molar-refractivity contribution in [2.75, 3.05) is 19.6 Å². The van der Waals surface area contributed by atoms with Gasteiger partial charge in [-0.3, -0.25) is 0 Å². The molecule has 1 aliphatic heterocycles. The van der Waals surface area contributed by atoms with Gasteiger partial charge in [0.05, 0.1) is 0 Å². The summed E-state index contributed by atoms with van der Waals surface area (Å²) in [7, 11) is 0. The van der Waals surface area contributed by atoms with E-state index in [4.69, 9.17) is 0 Å². The first kappa shape index (κ1) is 12.6. The molecule has 0 unspecified atom stereocenters. The van der Waals surface area contributed by atoms with Crippen molar-refractivity contribution in [3.8, 4) is 0 Å². The number of aromatic nitrogens is 3. The van der Waals surface area contributed by atoms with Crippen molar-refractivity contribution in [3.63, 3.8) is 0 Å². The lowest BCUT2D eigenvalue weighted by molar-refractivity contribution is 0.191. The molecule has 1 aliphatic rings. The third-order valence-corrected chi connectivity index (χ3v) is 4.15. The van der Waals surface area contributed by atoms with Gasteiger partial charge in [0.1, 0.15) is 0 Å². The molecule has 0 aromatic carbocycles. The number of aryl methyl sites for hydroxylation is 1. The van der Waals surface area contributed by atoms with Crippen LogP contribution in [-0.2, 0) is 6.42 Å². The zero-order chi connectivity index (χ0) is 13.2. The van der Waals surface area contributed by atoms with E-state index in [1.165, 1.54) is 38.0 Å². The summed E-state index contributed by atoms with van der Waals surface area (Å²) in [5.41, 5.74) is 2.19. The Hall–Kier alpha value is -1.42. The third-order valence-electron chi connectivity index (χ3n) is 4.15. The van der Waals surface area contributed by atoms with Crippen LogP contribution < -0.4 is 0 Å². The molecule has 2 aromatic heterocycles. The monoisotopic (exact) mass is 258 g/mol. The number of pyridine rings is 1. The minimum absolute atomic E-state index is 0.751. The molecule has 0 atom stereocenters. The molecule has 102 valence electrons. The fourth-order valence-electron chi connectivity index (χ4n) is 2.88. The topological polar surface area (TPSA) is 33.4 Å².